The molecule has 0 aromatic carbocycles. The van der Waals surface area contributed by atoms with E-state index in [0.717, 1.165) is 25.0 Å². The molecule has 0 aliphatic heterocycles. The fourth-order valence-corrected chi connectivity index (χ4v) is 2.09. The molecule has 0 radical (unpaired) electrons. The second kappa shape index (κ2) is 10.8. The standard InChI is InChI=1S/C12H22F2O2S/c1-3-4-8-16-12(15)10(2)17-9-6-5-7-11(13)14/h10-11H,3-9H2,1-2H3. The van der Waals surface area contributed by atoms with Crippen LogP contribution in [-0.4, -0.2) is 30.0 Å². The first kappa shape index (κ1) is 16.7. The molecule has 0 saturated carbocycles. The Balaban J connectivity index is 3.43. The van der Waals surface area contributed by atoms with E-state index in [1.54, 1.807) is 6.92 Å². The molecule has 17 heavy (non-hydrogen) atoms. The maximum atomic E-state index is 11.8. The SMILES string of the molecule is CCCCOC(=O)C(C)SCCCCC(F)F. The third-order valence-corrected chi connectivity index (χ3v) is 3.48. The van der Waals surface area contributed by atoms with Crippen LogP contribution < -0.4 is 0 Å². The van der Waals surface area contributed by atoms with Crippen LogP contribution in [0.2, 0.25) is 0 Å². The average Bonchev–Trinajstić information content (AvgIpc) is 2.28. The minimum Gasteiger partial charge on any atom is -0.465 e. The molecule has 0 bridgehead atoms. The van der Waals surface area contributed by atoms with Crippen LogP contribution in [0.1, 0.15) is 46.0 Å². The van der Waals surface area contributed by atoms with Gasteiger partial charge in [0.05, 0.1) is 11.9 Å². The van der Waals surface area contributed by atoms with Crippen LogP contribution in [0.15, 0.2) is 0 Å². The summed E-state index contributed by atoms with van der Waals surface area (Å²) >= 11 is 1.47. The maximum absolute atomic E-state index is 11.8. The molecule has 0 fully saturated rings. The minimum absolute atomic E-state index is 0.0457. The van der Waals surface area contributed by atoms with Gasteiger partial charge in [-0.05, 0) is 31.9 Å². The van der Waals surface area contributed by atoms with Crippen molar-refractivity contribution in [3.63, 3.8) is 0 Å². The monoisotopic (exact) mass is 268 g/mol. The second-order valence-corrected chi connectivity index (χ2v) is 5.37. The van der Waals surface area contributed by atoms with Gasteiger partial charge in [-0.1, -0.05) is 13.3 Å². The van der Waals surface area contributed by atoms with Crippen LogP contribution in [-0.2, 0) is 9.53 Å². The Morgan fingerprint density at radius 1 is 1.29 bits per heavy atom. The molecule has 1 atom stereocenters. The Labute approximate surface area is 106 Å². The Morgan fingerprint density at radius 3 is 2.59 bits per heavy atom. The molecule has 0 N–H and O–H groups in total. The summed E-state index contributed by atoms with van der Waals surface area (Å²) in [5, 5.41) is -0.196. The van der Waals surface area contributed by atoms with Gasteiger partial charge in [0.1, 0.15) is 0 Å². The molecule has 0 heterocycles. The summed E-state index contributed by atoms with van der Waals surface area (Å²) in [6.07, 6.45) is 0.871. The van der Waals surface area contributed by atoms with Crippen molar-refractivity contribution >= 4 is 17.7 Å². The van der Waals surface area contributed by atoms with E-state index in [9.17, 15) is 13.6 Å². The van der Waals surface area contributed by atoms with Gasteiger partial charge in [0.15, 0.2) is 0 Å². The maximum Gasteiger partial charge on any atom is 0.318 e. The van der Waals surface area contributed by atoms with Crippen LogP contribution in [0.5, 0.6) is 0 Å². The predicted molar refractivity (Wildman–Crippen MR) is 67.6 cm³/mol. The molecule has 0 rings (SSSR count). The predicted octanol–water partition coefficient (Wildman–Crippen LogP) is 3.89. The molecular weight excluding hydrogens is 246 g/mol. The van der Waals surface area contributed by atoms with E-state index in [1.165, 1.54) is 11.8 Å². The van der Waals surface area contributed by atoms with Gasteiger partial charge in [-0.15, -0.1) is 11.8 Å². The highest BCUT2D eigenvalue weighted by Gasteiger charge is 2.14. The number of esters is 1. The normalized spacial score (nSPS) is 12.8. The van der Waals surface area contributed by atoms with Crippen molar-refractivity contribution in [2.45, 2.75) is 57.6 Å². The van der Waals surface area contributed by atoms with Crippen LogP contribution in [0.25, 0.3) is 0 Å². The second-order valence-electron chi connectivity index (χ2n) is 3.92. The number of rotatable bonds is 10. The molecule has 0 aromatic rings. The first-order valence-electron chi connectivity index (χ1n) is 6.14. The van der Waals surface area contributed by atoms with Gasteiger partial charge in [-0.3, -0.25) is 4.79 Å². The lowest BCUT2D eigenvalue weighted by molar-refractivity contribution is -0.142. The first-order chi connectivity index (χ1) is 8.07. The third-order valence-electron chi connectivity index (χ3n) is 2.26. The van der Waals surface area contributed by atoms with E-state index in [0.29, 0.717) is 13.0 Å². The summed E-state index contributed by atoms with van der Waals surface area (Å²) in [7, 11) is 0. The first-order valence-corrected chi connectivity index (χ1v) is 7.19. The quantitative estimate of drug-likeness (QED) is 0.444. The topological polar surface area (TPSA) is 26.3 Å². The molecule has 0 aliphatic carbocycles. The molecule has 5 heteroatoms. The van der Waals surface area contributed by atoms with Gasteiger partial charge in [-0.25, -0.2) is 8.78 Å². The molecule has 0 spiro atoms. The lowest BCUT2D eigenvalue weighted by Crippen LogP contribution is -2.18. The highest BCUT2D eigenvalue weighted by molar-refractivity contribution is 8.00. The number of halogens is 2. The van der Waals surface area contributed by atoms with E-state index < -0.39 is 6.43 Å². The molecular formula is C12H22F2O2S. The Bertz CT molecular complexity index is 201. The van der Waals surface area contributed by atoms with Gasteiger partial charge in [-0.2, -0.15) is 0 Å². The molecule has 0 amide bonds. The lowest BCUT2D eigenvalue weighted by atomic mass is 10.3. The zero-order chi connectivity index (χ0) is 13.1. The number of hydrogen-bond donors (Lipinski definition) is 0. The Hall–Kier alpha value is -0.320. The van der Waals surface area contributed by atoms with E-state index in [-0.39, 0.29) is 17.6 Å². The smallest absolute Gasteiger partial charge is 0.318 e. The van der Waals surface area contributed by atoms with Crippen LogP contribution >= 0.6 is 11.8 Å². The highest BCUT2D eigenvalue weighted by atomic mass is 32.2. The summed E-state index contributed by atoms with van der Waals surface area (Å²) in [6.45, 7) is 4.31. The fraction of sp³-hybridized carbons (Fsp3) is 0.917. The van der Waals surface area contributed by atoms with Crippen molar-refractivity contribution in [1.29, 1.82) is 0 Å². The van der Waals surface area contributed by atoms with Crippen molar-refractivity contribution in [2.24, 2.45) is 0 Å². The van der Waals surface area contributed by atoms with E-state index in [4.69, 9.17) is 4.74 Å². The van der Waals surface area contributed by atoms with E-state index in [1.807, 2.05) is 6.92 Å². The van der Waals surface area contributed by atoms with Crippen molar-refractivity contribution in [2.75, 3.05) is 12.4 Å². The number of ether oxygens (including phenoxy) is 1. The molecule has 0 aromatic heterocycles. The number of carbonyl (C=O) groups is 1. The zero-order valence-corrected chi connectivity index (χ0v) is 11.4. The Morgan fingerprint density at radius 2 is 2.00 bits per heavy atom. The van der Waals surface area contributed by atoms with Crippen molar-refractivity contribution in [3.05, 3.63) is 0 Å². The third kappa shape index (κ3) is 10.5. The molecule has 1 unspecified atom stereocenters. The summed E-state index contributed by atoms with van der Waals surface area (Å²) < 4.78 is 28.7. The zero-order valence-electron chi connectivity index (χ0n) is 10.6. The van der Waals surface area contributed by atoms with Gasteiger partial charge in [0.25, 0.3) is 0 Å². The van der Waals surface area contributed by atoms with Crippen LogP contribution in [0, 0.1) is 0 Å². The molecule has 2 nitrogen and oxygen atoms in total. The van der Waals surface area contributed by atoms with Crippen molar-refractivity contribution in [1.82, 2.24) is 0 Å². The number of hydrogen-bond acceptors (Lipinski definition) is 3. The van der Waals surface area contributed by atoms with Gasteiger partial charge >= 0.3 is 5.97 Å². The molecule has 102 valence electrons. The summed E-state index contributed by atoms with van der Waals surface area (Å²) in [5.41, 5.74) is 0. The number of thioether (sulfide) groups is 1. The van der Waals surface area contributed by atoms with E-state index >= 15 is 0 Å². The van der Waals surface area contributed by atoms with Gasteiger partial charge < -0.3 is 4.74 Å². The van der Waals surface area contributed by atoms with E-state index in [2.05, 4.69) is 0 Å². The van der Waals surface area contributed by atoms with Crippen LogP contribution in [0.4, 0.5) is 8.78 Å². The number of unbranched alkanes of at least 4 members (excludes halogenated alkanes) is 2. The van der Waals surface area contributed by atoms with Crippen molar-refractivity contribution < 1.29 is 18.3 Å². The number of carbonyl (C=O) groups excluding carboxylic acids is 1. The molecule has 0 saturated heterocycles. The van der Waals surface area contributed by atoms with Gasteiger partial charge in [0, 0.05) is 6.42 Å². The van der Waals surface area contributed by atoms with Gasteiger partial charge in [0.2, 0.25) is 6.43 Å². The largest absolute Gasteiger partial charge is 0.465 e. The summed E-state index contributed by atoms with van der Waals surface area (Å²) in [5.74, 6) is 0.536. The number of alkyl halides is 2. The van der Waals surface area contributed by atoms with Crippen LogP contribution in [0.3, 0.4) is 0 Å². The summed E-state index contributed by atoms with van der Waals surface area (Å²) in [6, 6.07) is 0. The lowest BCUT2D eigenvalue weighted by Gasteiger charge is -2.10. The fourth-order valence-electron chi connectivity index (χ4n) is 1.16. The highest BCUT2D eigenvalue weighted by Crippen LogP contribution is 2.16. The van der Waals surface area contributed by atoms with Crippen molar-refractivity contribution in [3.8, 4) is 0 Å². The minimum atomic E-state index is -2.21. The summed E-state index contributed by atoms with van der Waals surface area (Å²) in [4.78, 5) is 11.4. The molecule has 0 aliphatic rings. The average molecular weight is 268 g/mol. The Kier molecular flexibility index (Phi) is 10.6.